The Balaban J connectivity index is 2.02. The van der Waals surface area contributed by atoms with Gasteiger partial charge in [0.15, 0.2) is 0 Å². The number of benzene rings is 2. The van der Waals surface area contributed by atoms with Gasteiger partial charge in [-0.15, -0.1) is 0 Å². The second kappa shape index (κ2) is 9.18. The second-order valence-corrected chi connectivity index (χ2v) is 5.76. The van der Waals surface area contributed by atoms with Crippen molar-refractivity contribution >= 4 is 11.4 Å². The molecular weight excluding hydrogens is 288 g/mol. The van der Waals surface area contributed by atoms with E-state index in [2.05, 4.69) is 10.6 Å². The quantitative estimate of drug-likeness (QED) is 0.544. The smallest absolute Gasteiger partial charge is 0.0453 e. The van der Waals surface area contributed by atoms with Crippen molar-refractivity contribution in [2.75, 3.05) is 30.4 Å². The third kappa shape index (κ3) is 5.58. The van der Waals surface area contributed by atoms with E-state index < -0.39 is 0 Å². The number of aliphatic hydroxyl groups is 2. The normalized spacial score (nSPS) is 11.2. The molecule has 0 aliphatic carbocycles. The average molecular weight is 314 g/mol. The third-order valence-electron chi connectivity index (χ3n) is 4.07. The lowest BCUT2D eigenvalue weighted by molar-refractivity contribution is 0.200. The number of hydrogen-bond acceptors (Lipinski definition) is 4. The fourth-order valence-electron chi connectivity index (χ4n) is 2.82. The van der Waals surface area contributed by atoms with E-state index >= 15 is 0 Å². The summed E-state index contributed by atoms with van der Waals surface area (Å²) < 4.78 is 0. The van der Waals surface area contributed by atoms with E-state index in [1.807, 2.05) is 60.7 Å². The Morgan fingerprint density at radius 3 is 1.74 bits per heavy atom. The predicted octanol–water partition coefficient (Wildman–Crippen LogP) is 3.10. The first kappa shape index (κ1) is 17.3. The molecule has 0 unspecified atom stereocenters. The topological polar surface area (TPSA) is 64.5 Å². The third-order valence-corrected chi connectivity index (χ3v) is 4.07. The van der Waals surface area contributed by atoms with Gasteiger partial charge in [-0.25, -0.2) is 0 Å². The number of anilines is 2. The zero-order valence-electron chi connectivity index (χ0n) is 13.4. The number of aliphatic hydroxyl groups excluding tert-OH is 2. The van der Waals surface area contributed by atoms with Crippen LogP contribution in [0.5, 0.6) is 0 Å². The van der Waals surface area contributed by atoms with Gasteiger partial charge in [0.05, 0.1) is 0 Å². The van der Waals surface area contributed by atoms with E-state index in [9.17, 15) is 10.2 Å². The minimum atomic E-state index is -0.327. The van der Waals surface area contributed by atoms with Gasteiger partial charge in [-0.3, -0.25) is 0 Å². The van der Waals surface area contributed by atoms with Crippen LogP contribution in [0.15, 0.2) is 60.7 Å². The largest absolute Gasteiger partial charge is 0.396 e. The highest BCUT2D eigenvalue weighted by Crippen LogP contribution is 2.26. The first-order valence-electron chi connectivity index (χ1n) is 8.12. The SMILES string of the molecule is OCCC(CCO)(CCNc1ccccc1)Nc1ccccc1. The van der Waals surface area contributed by atoms with Crippen LogP contribution in [0.1, 0.15) is 19.3 Å². The summed E-state index contributed by atoms with van der Waals surface area (Å²) in [5.74, 6) is 0. The van der Waals surface area contributed by atoms with E-state index in [0.29, 0.717) is 12.8 Å². The fourth-order valence-corrected chi connectivity index (χ4v) is 2.82. The van der Waals surface area contributed by atoms with Gasteiger partial charge in [0, 0.05) is 36.7 Å². The van der Waals surface area contributed by atoms with Crippen LogP contribution in [0.3, 0.4) is 0 Å². The van der Waals surface area contributed by atoms with Crippen molar-refractivity contribution in [3.63, 3.8) is 0 Å². The number of rotatable bonds is 10. The maximum Gasteiger partial charge on any atom is 0.0453 e. The summed E-state index contributed by atoms with van der Waals surface area (Å²) in [4.78, 5) is 0. The Morgan fingerprint density at radius 1 is 0.696 bits per heavy atom. The minimum Gasteiger partial charge on any atom is -0.396 e. The summed E-state index contributed by atoms with van der Waals surface area (Å²) in [6.45, 7) is 0.945. The molecular formula is C19H26N2O2. The Kier molecular flexibility index (Phi) is 6.91. The van der Waals surface area contributed by atoms with Crippen LogP contribution < -0.4 is 10.6 Å². The molecule has 0 spiro atoms. The summed E-state index contributed by atoms with van der Waals surface area (Å²) in [7, 11) is 0. The molecule has 4 heteroatoms. The molecule has 0 amide bonds. The van der Waals surface area contributed by atoms with Crippen molar-refractivity contribution in [2.45, 2.75) is 24.8 Å². The van der Waals surface area contributed by atoms with Crippen molar-refractivity contribution in [3.8, 4) is 0 Å². The van der Waals surface area contributed by atoms with Crippen molar-refractivity contribution in [1.29, 1.82) is 0 Å². The highest BCUT2D eigenvalue weighted by molar-refractivity contribution is 5.46. The standard InChI is InChI=1S/C19H26N2O2/c22-15-12-19(13-16-23,21-18-9-5-2-6-10-18)11-14-20-17-7-3-1-4-8-17/h1-10,20-23H,11-16H2. The molecule has 2 rings (SSSR count). The number of nitrogens with one attached hydrogen (secondary N) is 2. The summed E-state index contributed by atoms with van der Waals surface area (Å²) in [5, 5.41) is 25.9. The van der Waals surface area contributed by atoms with Crippen LogP contribution in [0.25, 0.3) is 0 Å². The average Bonchev–Trinajstić information content (AvgIpc) is 2.57. The van der Waals surface area contributed by atoms with Crippen molar-refractivity contribution < 1.29 is 10.2 Å². The lowest BCUT2D eigenvalue weighted by Gasteiger charge is -2.35. The molecule has 4 N–H and O–H groups in total. The van der Waals surface area contributed by atoms with Crippen molar-refractivity contribution in [1.82, 2.24) is 0 Å². The number of hydrogen-bond donors (Lipinski definition) is 4. The summed E-state index contributed by atoms with van der Waals surface area (Å²) in [6, 6.07) is 20.0. The molecule has 0 aromatic heterocycles. The maximum atomic E-state index is 9.48. The zero-order valence-corrected chi connectivity index (χ0v) is 13.4. The first-order chi connectivity index (χ1) is 11.3. The maximum absolute atomic E-state index is 9.48. The van der Waals surface area contributed by atoms with Gasteiger partial charge in [-0.1, -0.05) is 36.4 Å². The molecule has 0 radical (unpaired) electrons. The molecule has 4 nitrogen and oxygen atoms in total. The molecule has 23 heavy (non-hydrogen) atoms. The second-order valence-electron chi connectivity index (χ2n) is 5.76. The van der Waals surface area contributed by atoms with Gasteiger partial charge in [0.2, 0.25) is 0 Å². The minimum absolute atomic E-state index is 0.0885. The Bertz CT molecular complexity index is 540. The van der Waals surface area contributed by atoms with Crippen LogP contribution in [0.2, 0.25) is 0 Å². The highest BCUT2D eigenvalue weighted by Gasteiger charge is 2.28. The van der Waals surface area contributed by atoms with Gasteiger partial charge in [-0.05, 0) is 43.5 Å². The Morgan fingerprint density at radius 2 is 1.22 bits per heavy atom. The molecule has 0 aliphatic rings. The monoisotopic (exact) mass is 314 g/mol. The highest BCUT2D eigenvalue weighted by atomic mass is 16.3. The molecule has 0 fully saturated rings. The molecule has 0 heterocycles. The van der Waals surface area contributed by atoms with Crippen LogP contribution in [0, 0.1) is 0 Å². The molecule has 0 saturated carbocycles. The summed E-state index contributed by atoms with van der Waals surface area (Å²) >= 11 is 0. The van der Waals surface area contributed by atoms with Crippen molar-refractivity contribution in [3.05, 3.63) is 60.7 Å². The van der Waals surface area contributed by atoms with Crippen LogP contribution in [-0.2, 0) is 0 Å². The zero-order chi connectivity index (χ0) is 16.4. The van der Waals surface area contributed by atoms with E-state index in [1.54, 1.807) is 0 Å². The van der Waals surface area contributed by atoms with Gasteiger partial charge in [0.1, 0.15) is 0 Å². The number of para-hydroxylation sites is 2. The summed E-state index contributed by atoms with van der Waals surface area (Å²) in [6.07, 6.45) is 2.00. The van der Waals surface area contributed by atoms with E-state index in [-0.39, 0.29) is 18.8 Å². The predicted molar refractivity (Wildman–Crippen MR) is 95.8 cm³/mol. The van der Waals surface area contributed by atoms with Gasteiger partial charge in [-0.2, -0.15) is 0 Å². The van der Waals surface area contributed by atoms with Gasteiger partial charge >= 0.3 is 0 Å². The first-order valence-corrected chi connectivity index (χ1v) is 8.12. The lowest BCUT2D eigenvalue weighted by Crippen LogP contribution is -2.42. The van der Waals surface area contributed by atoms with Gasteiger partial charge < -0.3 is 20.8 Å². The molecule has 0 saturated heterocycles. The Hall–Kier alpha value is -2.04. The molecule has 0 atom stereocenters. The lowest BCUT2D eigenvalue weighted by atomic mass is 9.87. The Labute approximate surface area is 138 Å². The molecule has 0 bridgehead atoms. The van der Waals surface area contributed by atoms with Crippen LogP contribution in [0.4, 0.5) is 11.4 Å². The fraction of sp³-hybridized carbons (Fsp3) is 0.368. The van der Waals surface area contributed by atoms with E-state index in [1.165, 1.54) is 0 Å². The van der Waals surface area contributed by atoms with Crippen LogP contribution in [-0.4, -0.2) is 35.5 Å². The molecule has 2 aromatic rings. The molecule has 0 aliphatic heterocycles. The van der Waals surface area contributed by atoms with E-state index in [0.717, 1.165) is 24.3 Å². The van der Waals surface area contributed by atoms with E-state index in [4.69, 9.17) is 0 Å². The van der Waals surface area contributed by atoms with Gasteiger partial charge in [0.25, 0.3) is 0 Å². The summed E-state index contributed by atoms with van der Waals surface area (Å²) in [5.41, 5.74) is 1.76. The van der Waals surface area contributed by atoms with Crippen molar-refractivity contribution in [2.24, 2.45) is 0 Å². The molecule has 124 valence electrons. The molecule has 2 aromatic carbocycles. The van der Waals surface area contributed by atoms with Crippen LogP contribution >= 0.6 is 0 Å².